The quantitative estimate of drug-likeness (QED) is 0.405. The predicted molar refractivity (Wildman–Crippen MR) is 140 cm³/mol. The molecule has 6 rings (SSSR count). The summed E-state index contributed by atoms with van der Waals surface area (Å²) in [6, 6.07) is 19.3. The number of methoxy groups -OCH3 is 1. The lowest BCUT2D eigenvalue weighted by Gasteiger charge is -2.44. The van der Waals surface area contributed by atoms with E-state index in [4.69, 9.17) is 14.5 Å². The third-order valence-electron chi connectivity index (χ3n) is 7.02. The molecule has 7 nitrogen and oxygen atoms in total. The SMILES string of the molecule is COc1cc(C(=O)N2CCC3(CC2)NC(=O)c2cc4ccccc4cc2O3)nc2c(SC)cccc12. The zero-order valence-electron chi connectivity index (χ0n) is 20.0. The molecular formula is C28H25N3O4S. The molecule has 1 fully saturated rings. The van der Waals surface area contributed by atoms with Crippen molar-refractivity contribution in [1.29, 1.82) is 0 Å². The van der Waals surface area contributed by atoms with Crippen LogP contribution in [0.15, 0.2) is 65.6 Å². The first-order valence-corrected chi connectivity index (χ1v) is 13.1. The molecule has 0 atom stereocenters. The second kappa shape index (κ2) is 8.71. The molecule has 3 aromatic carbocycles. The second-order valence-electron chi connectivity index (χ2n) is 9.10. The fourth-order valence-electron chi connectivity index (χ4n) is 5.09. The number of pyridine rings is 1. The molecule has 0 unspecified atom stereocenters. The minimum absolute atomic E-state index is 0.146. The fourth-order valence-corrected chi connectivity index (χ4v) is 5.65. The summed E-state index contributed by atoms with van der Waals surface area (Å²) in [6.07, 6.45) is 2.95. The van der Waals surface area contributed by atoms with Crippen LogP contribution in [0.2, 0.25) is 0 Å². The molecule has 8 heteroatoms. The van der Waals surface area contributed by atoms with Gasteiger partial charge in [-0.2, -0.15) is 0 Å². The van der Waals surface area contributed by atoms with Gasteiger partial charge < -0.3 is 19.7 Å². The van der Waals surface area contributed by atoms with Crippen molar-refractivity contribution in [2.24, 2.45) is 0 Å². The molecule has 0 aliphatic carbocycles. The van der Waals surface area contributed by atoms with E-state index in [1.165, 1.54) is 0 Å². The zero-order chi connectivity index (χ0) is 24.9. The second-order valence-corrected chi connectivity index (χ2v) is 9.95. The van der Waals surface area contributed by atoms with Crippen molar-refractivity contribution in [1.82, 2.24) is 15.2 Å². The minimum atomic E-state index is -0.830. The summed E-state index contributed by atoms with van der Waals surface area (Å²) >= 11 is 1.58. The van der Waals surface area contributed by atoms with E-state index in [0.29, 0.717) is 48.7 Å². The summed E-state index contributed by atoms with van der Waals surface area (Å²) in [5.41, 5.74) is 0.814. The van der Waals surface area contributed by atoms with Crippen LogP contribution < -0.4 is 14.8 Å². The number of thioether (sulfide) groups is 1. The van der Waals surface area contributed by atoms with Crippen LogP contribution in [0.25, 0.3) is 21.7 Å². The van der Waals surface area contributed by atoms with Crippen LogP contribution >= 0.6 is 11.8 Å². The van der Waals surface area contributed by atoms with Crippen molar-refractivity contribution in [3.05, 3.63) is 71.9 Å². The van der Waals surface area contributed by atoms with Gasteiger partial charge in [-0.1, -0.05) is 30.3 Å². The van der Waals surface area contributed by atoms with E-state index >= 15 is 0 Å². The Morgan fingerprint density at radius 3 is 2.56 bits per heavy atom. The molecule has 4 aromatic rings. The van der Waals surface area contributed by atoms with E-state index < -0.39 is 5.72 Å². The lowest BCUT2D eigenvalue weighted by atomic mass is 9.95. The Kier molecular flexibility index (Phi) is 5.48. The normalized spacial score (nSPS) is 16.5. The number of nitrogens with one attached hydrogen (secondary N) is 1. The molecule has 0 saturated carbocycles. The van der Waals surface area contributed by atoms with Gasteiger partial charge in [0.05, 0.1) is 18.2 Å². The van der Waals surface area contributed by atoms with Gasteiger partial charge in [0.15, 0.2) is 5.72 Å². The first kappa shape index (κ1) is 22.7. The third kappa shape index (κ3) is 3.73. The number of carbonyl (C=O) groups is 2. The summed E-state index contributed by atoms with van der Waals surface area (Å²) in [7, 11) is 1.60. The number of carbonyl (C=O) groups excluding carboxylic acids is 2. The molecule has 1 aromatic heterocycles. The number of hydrogen-bond donors (Lipinski definition) is 1. The molecule has 182 valence electrons. The highest BCUT2D eigenvalue weighted by molar-refractivity contribution is 7.98. The zero-order valence-corrected chi connectivity index (χ0v) is 20.9. The van der Waals surface area contributed by atoms with Crippen molar-refractivity contribution in [2.75, 3.05) is 26.5 Å². The van der Waals surface area contributed by atoms with Crippen LogP contribution in [0, 0.1) is 0 Å². The van der Waals surface area contributed by atoms with Gasteiger partial charge in [0, 0.05) is 42.3 Å². The number of rotatable bonds is 3. The average Bonchev–Trinajstić information content (AvgIpc) is 2.91. The molecule has 0 radical (unpaired) electrons. The molecule has 36 heavy (non-hydrogen) atoms. The van der Waals surface area contributed by atoms with Crippen LogP contribution in [0.4, 0.5) is 0 Å². The Morgan fingerprint density at radius 1 is 1.08 bits per heavy atom. The molecule has 1 saturated heterocycles. The van der Waals surface area contributed by atoms with E-state index in [1.54, 1.807) is 29.8 Å². The molecular weight excluding hydrogens is 474 g/mol. The summed E-state index contributed by atoms with van der Waals surface area (Å²) in [5, 5.41) is 5.97. The van der Waals surface area contributed by atoms with Gasteiger partial charge >= 0.3 is 0 Å². The van der Waals surface area contributed by atoms with Gasteiger partial charge in [0.2, 0.25) is 0 Å². The van der Waals surface area contributed by atoms with Crippen LogP contribution in [-0.4, -0.2) is 53.9 Å². The van der Waals surface area contributed by atoms with Crippen molar-refractivity contribution in [3.63, 3.8) is 0 Å². The number of piperidine rings is 1. The molecule has 1 N–H and O–H groups in total. The Hall–Kier alpha value is -3.78. The number of benzene rings is 3. The van der Waals surface area contributed by atoms with Crippen molar-refractivity contribution in [2.45, 2.75) is 23.5 Å². The van der Waals surface area contributed by atoms with E-state index in [1.807, 2.05) is 60.9 Å². The van der Waals surface area contributed by atoms with Gasteiger partial charge in [-0.05, 0) is 41.3 Å². The number of likely N-dealkylation sites (tertiary alicyclic amines) is 1. The van der Waals surface area contributed by atoms with E-state index in [9.17, 15) is 9.59 Å². The maximum Gasteiger partial charge on any atom is 0.272 e. The maximum atomic E-state index is 13.5. The van der Waals surface area contributed by atoms with Crippen molar-refractivity contribution < 1.29 is 19.1 Å². The smallest absolute Gasteiger partial charge is 0.272 e. The largest absolute Gasteiger partial charge is 0.496 e. The predicted octanol–water partition coefficient (Wildman–Crippen LogP) is 4.87. The summed E-state index contributed by atoms with van der Waals surface area (Å²) in [4.78, 5) is 33.9. The van der Waals surface area contributed by atoms with E-state index in [2.05, 4.69) is 5.32 Å². The number of para-hydroxylation sites is 1. The van der Waals surface area contributed by atoms with Crippen LogP contribution in [0.1, 0.15) is 33.7 Å². The summed E-state index contributed by atoms with van der Waals surface area (Å²) in [5.74, 6) is 0.906. The average molecular weight is 500 g/mol. The number of amides is 2. The molecule has 2 aliphatic heterocycles. The highest BCUT2D eigenvalue weighted by Crippen LogP contribution is 2.37. The number of fused-ring (bicyclic) bond motifs is 3. The van der Waals surface area contributed by atoms with Gasteiger partial charge in [-0.15, -0.1) is 11.8 Å². The van der Waals surface area contributed by atoms with Gasteiger partial charge in [-0.3, -0.25) is 9.59 Å². The van der Waals surface area contributed by atoms with E-state index in [0.717, 1.165) is 26.6 Å². The van der Waals surface area contributed by atoms with E-state index in [-0.39, 0.29) is 11.8 Å². The standard InChI is InChI=1S/C28H25N3O4S/c1-34-22-16-21(29-25-19(22)8-5-9-24(25)36-2)27(33)31-12-10-28(11-13-31)30-26(32)20-14-17-6-3-4-7-18(17)15-23(20)35-28/h3-9,14-16H,10-13H2,1-2H3,(H,30,32). The summed E-state index contributed by atoms with van der Waals surface area (Å²) < 4.78 is 12.0. The highest BCUT2D eigenvalue weighted by Gasteiger charge is 2.43. The van der Waals surface area contributed by atoms with Crippen molar-refractivity contribution in [3.8, 4) is 11.5 Å². The number of nitrogens with zero attached hydrogens (tertiary/aromatic N) is 2. The number of aromatic nitrogens is 1. The lowest BCUT2D eigenvalue weighted by Crippen LogP contribution is -2.61. The topological polar surface area (TPSA) is 80.8 Å². The van der Waals surface area contributed by atoms with Gasteiger partial charge in [-0.25, -0.2) is 4.98 Å². The highest BCUT2D eigenvalue weighted by atomic mass is 32.2. The summed E-state index contributed by atoms with van der Waals surface area (Å²) in [6.45, 7) is 0.877. The Labute approximate surface area is 212 Å². The van der Waals surface area contributed by atoms with Gasteiger partial charge in [0.25, 0.3) is 11.8 Å². The lowest BCUT2D eigenvalue weighted by molar-refractivity contribution is -0.0245. The van der Waals surface area contributed by atoms with Crippen LogP contribution in [0.3, 0.4) is 0 Å². The first-order chi connectivity index (χ1) is 17.5. The Bertz CT molecular complexity index is 1530. The van der Waals surface area contributed by atoms with Gasteiger partial charge in [0.1, 0.15) is 17.2 Å². The van der Waals surface area contributed by atoms with Crippen LogP contribution in [0.5, 0.6) is 11.5 Å². The minimum Gasteiger partial charge on any atom is -0.496 e. The fraction of sp³-hybridized carbons (Fsp3) is 0.250. The molecule has 2 aliphatic rings. The third-order valence-corrected chi connectivity index (χ3v) is 7.79. The van der Waals surface area contributed by atoms with Crippen molar-refractivity contribution >= 4 is 45.3 Å². The molecule has 3 heterocycles. The Morgan fingerprint density at radius 2 is 1.83 bits per heavy atom. The monoisotopic (exact) mass is 499 g/mol. The maximum absolute atomic E-state index is 13.5. The number of hydrogen-bond acceptors (Lipinski definition) is 6. The number of ether oxygens (including phenoxy) is 2. The Balaban J connectivity index is 1.25. The molecule has 1 spiro atoms. The molecule has 0 bridgehead atoms. The van der Waals surface area contributed by atoms with Crippen LogP contribution in [-0.2, 0) is 0 Å². The first-order valence-electron chi connectivity index (χ1n) is 11.9. The molecule has 2 amide bonds.